The summed E-state index contributed by atoms with van der Waals surface area (Å²) >= 11 is 0. The van der Waals surface area contributed by atoms with Crippen molar-refractivity contribution in [2.75, 3.05) is 0 Å². The van der Waals surface area contributed by atoms with Gasteiger partial charge in [-0.15, -0.1) is 6.58 Å². The highest BCUT2D eigenvalue weighted by Crippen LogP contribution is 2.46. The van der Waals surface area contributed by atoms with Crippen molar-refractivity contribution in [3.8, 4) is 0 Å². The Labute approximate surface area is 213 Å². The molecule has 1 atom stereocenters. The normalized spacial score (nSPS) is 29.6. The maximum Gasteiger partial charge on any atom is 0.166 e. The Hall–Kier alpha value is -1.44. The monoisotopic (exact) mass is 482 g/mol. The highest BCUT2D eigenvalue weighted by molar-refractivity contribution is 5.67. The SMILES string of the molecule is C=CC1CCC(C2CCC(C3CC=C(c4ccc(CCCCCCC)c(F)c4F)CC3)CC2)CC1. The largest absolute Gasteiger partial charge is 0.203 e. The quantitative estimate of drug-likeness (QED) is 0.230. The third-order valence-corrected chi connectivity index (χ3v) is 9.81. The molecule has 2 fully saturated rings. The van der Waals surface area contributed by atoms with Crippen LogP contribution in [0.3, 0.4) is 0 Å². The van der Waals surface area contributed by atoms with Gasteiger partial charge in [0.05, 0.1) is 0 Å². The van der Waals surface area contributed by atoms with Crippen molar-refractivity contribution in [3.63, 3.8) is 0 Å². The molecule has 1 unspecified atom stereocenters. The van der Waals surface area contributed by atoms with E-state index in [9.17, 15) is 8.78 Å². The van der Waals surface area contributed by atoms with Crippen LogP contribution < -0.4 is 0 Å². The number of halogens is 2. The molecule has 0 heterocycles. The van der Waals surface area contributed by atoms with Gasteiger partial charge in [0.1, 0.15) is 0 Å². The van der Waals surface area contributed by atoms with Crippen molar-refractivity contribution in [2.24, 2.45) is 29.6 Å². The van der Waals surface area contributed by atoms with Gasteiger partial charge in [-0.3, -0.25) is 0 Å². The van der Waals surface area contributed by atoms with Crippen molar-refractivity contribution in [1.29, 1.82) is 0 Å². The molecule has 2 saturated carbocycles. The van der Waals surface area contributed by atoms with Crippen LogP contribution in [-0.4, -0.2) is 0 Å². The molecular formula is C33H48F2. The summed E-state index contributed by atoms with van der Waals surface area (Å²) in [6.07, 6.45) is 24.8. The van der Waals surface area contributed by atoms with E-state index in [0.29, 0.717) is 17.5 Å². The summed E-state index contributed by atoms with van der Waals surface area (Å²) in [6, 6.07) is 3.68. The predicted molar refractivity (Wildman–Crippen MR) is 145 cm³/mol. The number of hydrogen-bond donors (Lipinski definition) is 0. The molecule has 0 aromatic heterocycles. The van der Waals surface area contributed by atoms with Crippen molar-refractivity contribution >= 4 is 5.57 Å². The first kappa shape index (κ1) is 26.6. The summed E-state index contributed by atoms with van der Waals surface area (Å²) in [5.74, 6) is 2.97. The molecule has 1 aromatic rings. The van der Waals surface area contributed by atoms with Gasteiger partial charge in [-0.2, -0.15) is 0 Å². The number of unbranched alkanes of at least 4 members (excludes halogenated alkanes) is 4. The minimum absolute atomic E-state index is 0.509. The Balaban J connectivity index is 1.26. The lowest BCUT2D eigenvalue weighted by Crippen LogP contribution is -2.28. The smallest absolute Gasteiger partial charge is 0.166 e. The van der Waals surface area contributed by atoms with E-state index < -0.39 is 11.6 Å². The molecule has 0 N–H and O–H groups in total. The van der Waals surface area contributed by atoms with Crippen LogP contribution in [0, 0.1) is 41.2 Å². The van der Waals surface area contributed by atoms with E-state index >= 15 is 0 Å². The van der Waals surface area contributed by atoms with Gasteiger partial charge >= 0.3 is 0 Å². The molecule has 1 aromatic carbocycles. The van der Waals surface area contributed by atoms with Crippen LogP contribution in [0.4, 0.5) is 8.78 Å². The van der Waals surface area contributed by atoms with Crippen LogP contribution in [0.25, 0.3) is 5.57 Å². The van der Waals surface area contributed by atoms with E-state index in [1.807, 2.05) is 12.1 Å². The van der Waals surface area contributed by atoms with Crippen molar-refractivity contribution in [3.05, 3.63) is 53.6 Å². The number of allylic oxidation sites excluding steroid dienone is 3. The third kappa shape index (κ3) is 6.86. The molecule has 0 spiro atoms. The molecule has 2 heteroatoms. The summed E-state index contributed by atoms with van der Waals surface area (Å²) in [4.78, 5) is 0. The van der Waals surface area contributed by atoms with Crippen LogP contribution >= 0.6 is 0 Å². The third-order valence-electron chi connectivity index (χ3n) is 9.81. The Kier molecular flexibility index (Phi) is 10.0. The van der Waals surface area contributed by atoms with Gasteiger partial charge in [0.2, 0.25) is 0 Å². The van der Waals surface area contributed by atoms with Crippen molar-refractivity contribution in [1.82, 2.24) is 0 Å². The molecule has 0 radical (unpaired) electrons. The standard InChI is InChI=1S/C33H48F2/c1-3-5-6-7-8-9-30-22-23-31(33(35)32(30)34)29-20-18-28(19-21-29)27-16-14-26(15-17-27)25-12-10-24(4-2)11-13-25/h4,20,22-28H,2-3,5-19,21H2,1H3. The Morgan fingerprint density at radius 1 is 0.771 bits per heavy atom. The van der Waals surface area contributed by atoms with Gasteiger partial charge in [-0.1, -0.05) is 56.9 Å². The Morgan fingerprint density at radius 2 is 1.40 bits per heavy atom. The number of hydrogen-bond acceptors (Lipinski definition) is 0. The minimum Gasteiger partial charge on any atom is -0.203 e. The molecule has 35 heavy (non-hydrogen) atoms. The van der Waals surface area contributed by atoms with E-state index in [2.05, 4.69) is 25.7 Å². The minimum atomic E-state index is -0.618. The van der Waals surface area contributed by atoms with Gasteiger partial charge in [-0.25, -0.2) is 8.78 Å². The van der Waals surface area contributed by atoms with Gasteiger partial charge < -0.3 is 0 Å². The van der Waals surface area contributed by atoms with Crippen LogP contribution in [0.1, 0.15) is 121 Å². The van der Waals surface area contributed by atoms with Gasteiger partial charge in [0, 0.05) is 5.56 Å². The predicted octanol–water partition coefficient (Wildman–Crippen LogP) is 10.5. The molecule has 4 rings (SSSR count). The van der Waals surface area contributed by atoms with E-state index in [-0.39, 0.29) is 0 Å². The summed E-state index contributed by atoms with van der Waals surface area (Å²) in [5.41, 5.74) is 2.08. The Morgan fingerprint density at radius 3 is 2.00 bits per heavy atom. The second-order valence-electron chi connectivity index (χ2n) is 11.9. The van der Waals surface area contributed by atoms with E-state index in [1.165, 1.54) is 70.6 Å². The summed E-state index contributed by atoms with van der Waals surface area (Å²) < 4.78 is 29.8. The zero-order valence-electron chi connectivity index (χ0n) is 22.2. The molecule has 0 bridgehead atoms. The second-order valence-corrected chi connectivity index (χ2v) is 11.9. The first-order valence-electron chi connectivity index (χ1n) is 14.9. The molecule has 3 aliphatic carbocycles. The number of rotatable bonds is 10. The van der Waals surface area contributed by atoms with E-state index in [1.54, 1.807) is 0 Å². The fourth-order valence-electron chi connectivity index (χ4n) is 7.42. The van der Waals surface area contributed by atoms with Crippen LogP contribution in [0.2, 0.25) is 0 Å². The molecule has 0 aliphatic heterocycles. The topological polar surface area (TPSA) is 0 Å². The molecule has 0 amide bonds. The van der Waals surface area contributed by atoms with E-state index in [4.69, 9.17) is 0 Å². The highest BCUT2D eigenvalue weighted by atomic mass is 19.2. The maximum absolute atomic E-state index is 15.0. The van der Waals surface area contributed by atoms with Crippen molar-refractivity contribution in [2.45, 2.75) is 116 Å². The van der Waals surface area contributed by atoms with Crippen molar-refractivity contribution < 1.29 is 8.78 Å². The average molecular weight is 483 g/mol. The lowest BCUT2D eigenvalue weighted by molar-refractivity contribution is 0.128. The molecule has 0 saturated heterocycles. The maximum atomic E-state index is 15.0. The summed E-state index contributed by atoms with van der Waals surface area (Å²) in [5, 5.41) is 0. The van der Waals surface area contributed by atoms with Crippen LogP contribution in [-0.2, 0) is 6.42 Å². The summed E-state index contributed by atoms with van der Waals surface area (Å²) in [6.45, 7) is 6.19. The van der Waals surface area contributed by atoms with Gasteiger partial charge in [0.25, 0.3) is 0 Å². The average Bonchev–Trinajstić information content (AvgIpc) is 2.91. The summed E-state index contributed by atoms with van der Waals surface area (Å²) in [7, 11) is 0. The zero-order chi connectivity index (χ0) is 24.6. The first-order valence-corrected chi connectivity index (χ1v) is 14.9. The van der Waals surface area contributed by atoms with Gasteiger partial charge in [-0.05, 0) is 124 Å². The lowest BCUT2D eigenvalue weighted by Gasteiger charge is -2.40. The molecule has 0 nitrogen and oxygen atoms in total. The number of aryl methyl sites for hydroxylation is 1. The fraction of sp³-hybridized carbons (Fsp3) is 0.697. The van der Waals surface area contributed by atoms with Crippen LogP contribution in [0.5, 0.6) is 0 Å². The fourth-order valence-corrected chi connectivity index (χ4v) is 7.42. The second kappa shape index (κ2) is 13.2. The highest BCUT2D eigenvalue weighted by Gasteiger charge is 2.33. The van der Waals surface area contributed by atoms with E-state index in [0.717, 1.165) is 67.3 Å². The molecule has 3 aliphatic rings. The van der Waals surface area contributed by atoms with Crippen LogP contribution in [0.15, 0.2) is 30.9 Å². The zero-order valence-corrected chi connectivity index (χ0v) is 22.2. The Bertz CT molecular complexity index is 837. The van der Waals surface area contributed by atoms with Gasteiger partial charge in [0.15, 0.2) is 11.6 Å². The number of benzene rings is 1. The molecule has 194 valence electrons. The lowest BCUT2D eigenvalue weighted by atomic mass is 9.66. The molecular weight excluding hydrogens is 434 g/mol. The first-order chi connectivity index (χ1) is 17.1.